The quantitative estimate of drug-likeness (QED) is 0.579. The summed E-state index contributed by atoms with van der Waals surface area (Å²) in [4.78, 5) is 10.8. The van der Waals surface area contributed by atoms with Crippen LogP contribution < -0.4 is 5.32 Å². The Morgan fingerprint density at radius 3 is 2.65 bits per heavy atom. The van der Waals surface area contributed by atoms with Crippen molar-refractivity contribution in [1.29, 1.82) is 0 Å². The van der Waals surface area contributed by atoms with E-state index in [1.54, 1.807) is 0 Å². The second kappa shape index (κ2) is 4.21. The van der Waals surface area contributed by atoms with Gasteiger partial charge in [0.25, 0.3) is 0 Å². The highest BCUT2D eigenvalue weighted by molar-refractivity contribution is 5.71. The Morgan fingerprint density at radius 2 is 2.06 bits per heavy atom. The fraction of sp³-hybridized carbons (Fsp3) is 0.364. The number of phenolic OH excluding ortho intramolecular Hbond substituents is 2. The lowest BCUT2D eigenvalue weighted by Crippen LogP contribution is -2.17. The molecular formula is C11H12FNO4. The van der Waals surface area contributed by atoms with Gasteiger partial charge in [0.05, 0.1) is 5.92 Å². The monoisotopic (exact) mass is 241 g/mol. The number of carbonyl (C=O) groups is 1. The number of aliphatic carboxylic acids is 1. The van der Waals surface area contributed by atoms with Gasteiger partial charge in [0.1, 0.15) is 0 Å². The van der Waals surface area contributed by atoms with E-state index in [2.05, 4.69) is 5.32 Å². The van der Waals surface area contributed by atoms with Gasteiger partial charge in [0.15, 0.2) is 17.3 Å². The SMILES string of the molecule is O=C(O)C1CNC(c2ccc(F)c(O)c2O)C1. The van der Waals surface area contributed by atoms with Gasteiger partial charge in [-0.15, -0.1) is 0 Å². The highest BCUT2D eigenvalue weighted by Crippen LogP contribution is 2.38. The zero-order valence-corrected chi connectivity index (χ0v) is 8.85. The van der Waals surface area contributed by atoms with E-state index in [1.807, 2.05) is 0 Å². The Bertz CT molecular complexity index is 463. The van der Waals surface area contributed by atoms with E-state index in [1.165, 1.54) is 6.07 Å². The largest absolute Gasteiger partial charge is 0.504 e. The third kappa shape index (κ3) is 2.03. The lowest BCUT2D eigenvalue weighted by molar-refractivity contribution is -0.141. The van der Waals surface area contributed by atoms with Crippen LogP contribution in [0.1, 0.15) is 18.0 Å². The van der Waals surface area contributed by atoms with Gasteiger partial charge in [-0.2, -0.15) is 0 Å². The molecule has 2 rings (SSSR count). The van der Waals surface area contributed by atoms with E-state index in [0.29, 0.717) is 12.0 Å². The third-order valence-electron chi connectivity index (χ3n) is 2.99. The molecule has 5 nitrogen and oxygen atoms in total. The molecule has 0 aliphatic carbocycles. The van der Waals surface area contributed by atoms with Gasteiger partial charge in [0.2, 0.25) is 0 Å². The van der Waals surface area contributed by atoms with Crippen molar-refractivity contribution >= 4 is 5.97 Å². The van der Waals surface area contributed by atoms with Crippen molar-refractivity contribution in [1.82, 2.24) is 5.32 Å². The first-order chi connectivity index (χ1) is 8.00. The van der Waals surface area contributed by atoms with Crippen LogP contribution in [0.15, 0.2) is 12.1 Å². The first-order valence-electron chi connectivity index (χ1n) is 5.17. The maximum atomic E-state index is 12.9. The van der Waals surface area contributed by atoms with Gasteiger partial charge in [0, 0.05) is 18.2 Å². The average molecular weight is 241 g/mol. The van der Waals surface area contributed by atoms with Gasteiger partial charge in [-0.3, -0.25) is 4.79 Å². The van der Waals surface area contributed by atoms with E-state index in [-0.39, 0.29) is 12.6 Å². The van der Waals surface area contributed by atoms with Crippen LogP contribution in [0.4, 0.5) is 4.39 Å². The van der Waals surface area contributed by atoms with Crippen LogP contribution >= 0.6 is 0 Å². The molecule has 17 heavy (non-hydrogen) atoms. The fourth-order valence-corrected chi connectivity index (χ4v) is 2.01. The molecule has 1 saturated heterocycles. The second-order valence-corrected chi connectivity index (χ2v) is 4.07. The van der Waals surface area contributed by atoms with Crippen LogP contribution in [0.25, 0.3) is 0 Å². The minimum atomic E-state index is -0.911. The molecule has 1 aliphatic rings. The van der Waals surface area contributed by atoms with Crippen molar-refractivity contribution in [3.05, 3.63) is 23.5 Å². The zero-order valence-electron chi connectivity index (χ0n) is 8.85. The predicted octanol–water partition coefficient (Wildman–Crippen LogP) is 0.972. The molecule has 6 heteroatoms. The Morgan fingerprint density at radius 1 is 1.35 bits per heavy atom. The standard InChI is InChI=1S/C11H12FNO4/c12-7-2-1-6(9(14)10(7)15)8-3-5(4-13-8)11(16)17/h1-2,5,8,13-15H,3-4H2,(H,16,17). The summed E-state index contributed by atoms with van der Waals surface area (Å²) in [6.07, 6.45) is 0.300. The summed E-state index contributed by atoms with van der Waals surface area (Å²) < 4.78 is 12.9. The molecule has 2 unspecified atom stereocenters. The Kier molecular flexibility index (Phi) is 2.89. The summed E-state index contributed by atoms with van der Waals surface area (Å²) in [6, 6.07) is 1.99. The minimum Gasteiger partial charge on any atom is -0.504 e. The van der Waals surface area contributed by atoms with Crippen LogP contribution in [-0.4, -0.2) is 27.8 Å². The van der Waals surface area contributed by atoms with Crippen LogP contribution in [0.5, 0.6) is 11.5 Å². The molecule has 1 fully saturated rings. The number of hydrogen-bond donors (Lipinski definition) is 4. The molecule has 1 aromatic carbocycles. The number of rotatable bonds is 2. The van der Waals surface area contributed by atoms with E-state index < -0.39 is 29.2 Å². The van der Waals surface area contributed by atoms with Crippen molar-refractivity contribution in [2.24, 2.45) is 5.92 Å². The molecule has 1 aromatic rings. The van der Waals surface area contributed by atoms with Crippen molar-refractivity contribution in [3.63, 3.8) is 0 Å². The molecule has 0 aromatic heterocycles. The third-order valence-corrected chi connectivity index (χ3v) is 2.99. The molecule has 4 N–H and O–H groups in total. The van der Waals surface area contributed by atoms with Gasteiger partial charge >= 0.3 is 5.97 Å². The molecule has 0 radical (unpaired) electrons. The van der Waals surface area contributed by atoms with Gasteiger partial charge < -0.3 is 20.6 Å². The second-order valence-electron chi connectivity index (χ2n) is 4.07. The maximum Gasteiger partial charge on any atom is 0.307 e. The fourth-order valence-electron chi connectivity index (χ4n) is 2.01. The lowest BCUT2D eigenvalue weighted by atomic mass is 9.99. The number of aromatic hydroxyl groups is 2. The molecule has 2 atom stereocenters. The van der Waals surface area contributed by atoms with E-state index in [9.17, 15) is 19.4 Å². The highest BCUT2D eigenvalue weighted by atomic mass is 19.1. The number of phenols is 2. The summed E-state index contributed by atoms with van der Waals surface area (Å²) in [5.74, 6) is -3.69. The number of hydrogen-bond acceptors (Lipinski definition) is 4. The van der Waals surface area contributed by atoms with E-state index in [0.717, 1.165) is 6.07 Å². The maximum absolute atomic E-state index is 12.9. The topological polar surface area (TPSA) is 89.8 Å². The molecule has 1 heterocycles. The van der Waals surface area contributed by atoms with Crippen molar-refractivity contribution in [3.8, 4) is 11.5 Å². The summed E-state index contributed by atoms with van der Waals surface area (Å²) in [5.41, 5.74) is 0.313. The smallest absolute Gasteiger partial charge is 0.307 e. The molecule has 92 valence electrons. The summed E-state index contributed by atoms with van der Waals surface area (Å²) in [7, 11) is 0. The summed E-state index contributed by atoms with van der Waals surface area (Å²) in [6.45, 7) is 0.289. The van der Waals surface area contributed by atoms with Crippen molar-refractivity contribution in [2.45, 2.75) is 12.5 Å². The number of halogens is 1. The molecular weight excluding hydrogens is 229 g/mol. The summed E-state index contributed by atoms with van der Waals surface area (Å²) in [5, 5.41) is 30.6. The molecule has 1 aliphatic heterocycles. The molecule has 0 amide bonds. The molecule has 0 saturated carbocycles. The van der Waals surface area contributed by atoms with E-state index >= 15 is 0 Å². The highest BCUT2D eigenvalue weighted by Gasteiger charge is 2.32. The molecule has 0 spiro atoms. The Hall–Kier alpha value is -1.82. The number of nitrogens with one attached hydrogen (secondary N) is 1. The van der Waals surface area contributed by atoms with Crippen LogP contribution in [-0.2, 0) is 4.79 Å². The van der Waals surface area contributed by atoms with Crippen LogP contribution in [0.2, 0.25) is 0 Å². The first kappa shape index (κ1) is 11.7. The first-order valence-corrected chi connectivity index (χ1v) is 5.17. The van der Waals surface area contributed by atoms with Crippen LogP contribution in [0, 0.1) is 11.7 Å². The van der Waals surface area contributed by atoms with E-state index in [4.69, 9.17) is 5.11 Å². The minimum absolute atomic E-state index is 0.289. The van der Waals surface area contributed by atoms with Gasteiger partial charge in [-0.1, -0.05) is 6.07 Å². The van der Waals surface area contributed by atoms with Crippen molar-refractivity contribution in [2.75, 3.05) is 6.54 Å². The van der Waals surface area contributed by atoms with Gasteiger partial charge in [-0.25, -0.2) is 4.39 Å². The summed E-state index contributed by atoms with van der Waals surface area (Å²) >= 11 is 0. The lowest BCUT2D eigenvalue weighted by Gasteiger charge is -2.13. The van der Waals surface area contributed by atoms with Crippen LogP contribution in [0.3, 0.4) is 0 Å². The Balaban J connectivity index is 2.25. The number of carboxylic acid groups (broad SMARTS) is 1. The Labute approximate surface area is 96.5 Å². The zero-order chi connectivity index (χ0) is 12.6. The molecule has 0 bridgehead atoms. The van der Waals surface area contributed by atoms with Crippen molar-refractivity contribution < 1.29 is 24.5 Å². The number of benzene rings is 1. The normalized spacial score (nSPS) is 23.8. The number of carboxylic acids is 1. The average Bonchev–Trinajstić information content (AvgIpc) is 2.75. The van der Waals surface area contributed by atoms with Gasteiger partial charge in [-0.05, 0) is 12.5 Å². The predicted molar refractivity (Wildman–Crippen MR) is 56.2 cm³/mol.